The molecule has 0 aliphatic heterocycles. The van der Waals surface area contributed by atoms with Crippen LogP contribution in [-0.2, 0) is 0 Å². The first-order valence-corrected chi connectivity index (χ1v) is 9.11. The van der Waals surface area contributed by atoms with Crippen molar-refractivity contribution in [3.05, 3.63) is 46.2 Å². The molecule has 2 aromatic heterocycles. The molecule has 0 fully saturated rings. The second kappa shape index (κ2) is 8.07. The molecule has 0 atom stereocenters. The average molecular weight is 382 g/mol. The maximum absolute atomic E-state index is 12.8. The lowest BCUT2D eigenvalue weighted by atomic mass is 10.2. The molecule has 24 heavy (non-hydrogen) atoms. The summed E-state index contributed by atoms with van der Waals surface area (Å²) in [7, 11) is 4.02. The molecule has 2 heterocycles. The summed E-state index contributed by atoms with van der Waals surface area (Å²) < 4.78 is 1.12. The Morgan fingerprint density at radius 2 is 2.00 bits per heavy atom. The Labute approximate surface area is 156 Å². The average Bonchev–Trinajstić information content (AvgIpc) is 3.15. The molecule has 0 saturated heterocycles. The van der Waals surface area contributed by atoms with Gasteiger partial charge in [-0.15, -0.1) is 23.7 Å². The molecule has 0 aliphatic carbocycles. The number of rotatable bonds is 5. The predicted molar refractivity (Wildman–Crippen MR) is 106 cm³/mol. The Morgan fingerprint density at radius 1 is 1.21 bits per heavy atom. The molecule has 0 saturated carbocycles. The van der Waals surface area contributed by atoms with Gasteiger partial charge in [-0.05, 0) is 50.2 Å². The number of thiophene rings is 1. The maximum Gasteiger partial charge on any atom is 0.270 e. The fourth-order valence-electron chi connectivity index (χ4n) is 2.25. The van der Waals surface area contributed by atoms with Gasteiger partial charge in [0.2, 0.25) is 0 Å². The van der Waals surface area contributed by atoms with Crippen LogP contribution in [0.2, 0.25) is 0 Å². The number of anilines is 1. The smallest absolute Gasteiger partial charge is 0.270 e. The van der Waals surface area contributed by atoms with E-state index in [1.165, 1.54) is 16.9 Å². The molecule has 0 bridgehead atoms. The van der Waals surface area contributed by atoms with Gasteiger partial charge in [-0.25, -0.2) is 4.98 Å². The molecular weight excluding hydrogens is 362 g/mol. The molecular formula is C17H20ClN3OS2. The van der Waals surface area contributed by atoms with Crippen molar-refractivity contribution in [3.8, 4) is 0 Å². The number of fused-ring (bicyclic) bond motifs is 1. The lowest BCUT2D eigenvalue weighted by Crippen LogP contribution is -2.36. The van der Waals surface area contributed by atoms with E-state index in [1.54, 1.807) is 16.2 Å². The van der Waals surface area contributed by atoms with Crippen LogP contribution in [0, 0.1) is 6.92 Å². The third kappa shape index (κ3) is 4.13. The number of hydrogen-bond acceptors (Lipinski definition) is 5. The van der Waals surface area contributed by atoms with Crippen LogP contribution < -0.4 is 4.90 Å². The van der Waals surface area contributed by atoms with Gasteiger partial charge in [-0.2, -0.15) is 0 Å². The Kier molecular flexibility index (Phi) is 6.34. The predicted octanol–water partition coefficient (Wildman–Crippen LogP) is 4.30. The molecule has 0 unspecified atom stereocenters. The van der Waals surface area contributed by atoms with Crippen LogP contribution in [-0.4, -0.2) is 43.0 Å². The molecule has 128 valence electrons. The fraction of sp³-hybridized carbons (Fsp3) is 0.294. The van der Waals surface area contributed by atoms with E-state index in [9.17, 15) is 4.79 Å². The molecule has 1 amide bonds. The van der Waals surface area contributed by atoms with Crippen molar-refractivity contribution in [2.24, 2.45) is 0 Å². The number of carbonyl (C=O) groups is 1. The monoisotopic (exact) mass is 381 g/mol. The van der Waals surface area contributed by atoms with Gasteiger partial charge in [0, 0.05) is 13.1 Å². The first-order valence-electron chi connectivity index (χ1n) is 7.42. The molecule has 4 nitrogen and oxygen atoms in total. The standard InChI is InChI=1S/C17H19N3OS2.ClH/c1-12-6-7-13-15(11-12)23-17(18-13)20(9-8-19(2)3)16(21)14-5-4-10-22-14;/h4-7,10-11H,8-9H2,1-3H3;1H. The summed E-state index contributed by atoms with van der Waals surface area (Å²) in [6, 6.07) is 9.97. The second-order valence-corrected chi connectivity index (χ2v) is 7.66. The van der Waals surface area contributed by atoms with E-state index in [0.717, 1.165) is 26.8 Å². The zero-order valence-corrected chi connectivity index (χ0v) is 16.3. The van der Waals surface area contributed by atoms with Crippen LogP contribution in [0.1, 0.15) is 15.2 Å². The maximum atomic E-state index is 12.8. The van der Waals surface area contributed by atoms with Gasteiger partial charge in [0.1, 0.15) is 0 Å². The van der Waals surface area contributed by atoms with Crippen molar-refractivity contribution in [3.63, 3.8) is 0 Å². The van der Waals surface area contributed by atoms with Gasteiger partial charge < -0.3 is 4.90 Å². The molecule has 1 aromatic carbocycles. The van der Waals surface area contributed by atoms with E-state index < -0.39 is 0 Å². The summed E-state index contributed by atoms with van der Waals surface area (Å²) >= 11 is 3.05. The van der Waals surface area contributed by atoms with Crippen LogP contribution in [0.15, 0.2) is 35.7 Å². The highest BCUT2D eigenvalue weighted by Gasteiger charge is 2.22. The summed E-state index contributed by atoms with van der Waals surface area (Å²) in [5.74, 6) is 0.0256. The van der Waals surface area contributed by atoms with Crippen molar-refractivity contribution in [2.45, 2.75) is 6.92 Å². The molecule has 0 spiro atoms. The number of aryl methyl sites for hydroxylation is 1. The zero-order valence-electron chi connectivity index (χ0n) is 13.9. The quantitative estimate of drug-likeness (QED) is 0.661. The van der Waals surface area contributed by atoms with Crippen molar-refractivity contribution in [1.82, 2.24) is 9.88 Å². The van der Waals surface area contributed by atoms with Crippen LogP contribution >= 0.6 is 35.1 Å². The van der Waals surface area contributed by atoms with Gasteiger partial charge in [0.05, 0.1) is 15.1 Å². The van der Waals surface area contributed by atoms with Gasteiger partial charge in [0.25, 0.3) is 5.91 Å². The van der Waals surface area contributed by atoms with E-state index in [0.29, 0.717) is 6.54 Å². The van der Waals surface area contributed by atoms with E-state index in [-0.39, 0.29) is 18.3 Å². The number of aromatic nitrogens is 1. The number of halogens is 1. The minimum atomic E-state index is 0. The van der Waals surface area contributed by atoms with Crippen molar-refractivity contribution < 1.29 is 4.79 Å². The first-order chi connectivity index (χ1) is 11.0. The van der Waals surface area contributed by atoms with Gasteiger partial charge in [0.15, 0.2) is 5.13 Å². The van der Waals surface area contributed by atoms with Crippen LogP contribution in [0.5, 0.6) is 0 Å². The van der Waals surface area contributed by atoms with Gasteiger partial charge in [-0.1, -0.05) is 23.5 Å². The van der Waals surface area contributed by atoms with Crippen LogP contribution in [0.4, 0.5) is 5.13 Å². The third-order valence-corrected chi connectivity index (χ3v) is 5.41. The number of hydrogen-bond donors (Lipinski definition) is 0. The second-order valence-electron chi connectivity index (χ2n) is 5.70. The van der Waals surface area contributed by atoms with Crippen molar-refractivity contribution >= 4 is 56.3 Å². The zero-order chi connectivity index (χ0) is 16.4. The highest BCUT2D eigenvalue weighted by Crippen LogP contribution is 2.30. The number of nitrogens with zero attached hydrogens (tertiary/aromatic N) is 3. The largest absolute Gasteiger partial charge is 0.308 e. The van der Waals surface area contributed by atoms with Crippen molar-refractivity contribution in [1.29, 1.82) is 0 Å². The lowest BCUT2D eigenvalue weighted by Gasteiger charge is -2.21. The Morgan fingerprint density at radius 3 is 2.67 bits per heavy atom. The lowest BCUT2D eigenvalue weighted by molar-refractivity contribution is 0.0989. The SMILES string of the molecule is Cc1ccc2nc(N(CCN(C)C)C(=O)c3cccs3)sc2c1.Cl. The number of amides is 1. The van der Waals surface area contributed by atoms with E-state index in [4.69, 9.17) is 0 Å². The Bertz CT molecular complexity index is 814. The number of thiazole rings is 1. The van der Waals surface area contributed by atoms with Crippen molar-refractivity contribution in [2.75, 3.05) is 32.1 Å². The van der Waals surface area contributed by atoms with Crippen LogP contribution in [0.25, 0.3) is 10.2 Å². The van der Waals surface area contributed by atoms with Gasteiger partial charge >= 0.3 is 0 Å². The first kappa shape index (κ1) is 18.9. The molecule has 3 aromatic rings. The Balaban J connectivity index is 0.00000208. The minimum absolute atomic E-state index is 0. The molecule has 0 N–H and O–H groups in total. The third-order valence-electron chi connectivity index (χ3n) is 3.51. The normalized spacial score (nSPS) is 10.8. The van der Waals surface area contributed by atoms with Gasteiger partial charge in [-0.3, -0.25) is 9.69 Å². The summed E-state index contributed by atoms with van der Waals surface area (Å²) in [6.45, 7) is 3.49. The topological polar surface area (TPSA) is 36.4 Å². The summed E-state index contributed by atoms with van der Waals surface area (Å²) in [5.41, 5.74) is 2.15. The molecule has 7 heteroatoms. The summed E-state index contributed by atoms with van der Waals surface area (Å²) in [4.78, 5) is 22.1. The molecule has 0 aliphatic rings. The fourth-order valence-corrected chi connectivity index (χ4v) is 4.01. The Hall–Kier alpha value is -1.47. The van der Waals surface area contributed by atoms with E-state index in [1.807, 2.05) is 37.7 Å². The molecule has 0 radical (unpaired) electrons. The molecule has 3 rings (SSSR count). The van der Waals surface area contributed by atoms with E-state index >= 15 is 0 Å². The van der Waals surface area contributed by atoms with E-state index in [2.05, 4.69) is 28.9 Å². The highest BCUT2D eigenvalue weighted by atomic mass is 35.5. The number of carbonyl (C=O) groups excluding carboxylic acids is 1. The summed E-state index contributed by atoms with van der Waals surface area (Å²) in [5, 5.41) is 2.70. The minimum Gasteiger partial charge on any atom is -0.308 e. The number of benzene rings is 1. The highest BCUT2D eigenvalue weighted by molar-refractivity contribution is 7.22. The van der Waals surface area contributed by atoms with Crippen LogP contribution in [0.3, 0.4) is 0 Å². The number of likely N-dealkylation sites (N-methyl/N-ethyl adjacent to an activating group) is 1. The summed E-state index contributed by atoms with van der Waals surface area (Å²) in [6.07, 6.45) is 0.